The molecule has 1 N–H and O–H groups in total. The SMILES string of the molecule is C=CNC.CC.CCC1CCN(CCCc2ccccc2)CC1. The van der Waals surface area contributed by atoms with E-state index in [0.29, 0.717) is 0 Å². The van der Waals surface area contributed by atoms with Gasteiger partial charge in [0.25, 0.3) is 0 Å². The molecule has 0 atom stereocenters. The van der Waals surface area contributed by atoms with Crippen molar-refractivity contribution in [2.75, 3.05) is 26.7 Å². The molecule has 0 radical (unpaired) electrons. The second kappa shape index (κ2) is 15.6. The van der Waals surface area contributed by atoms with E-state index in [9.17, 15) is 0 Å². The van der Waals surface area contributed by atoms with E-state index < -0.39 is 0 Å². The van der Waals surface area contributed by atoms with Gasteiger partial charge in [0.1, 0.15) is 0 Å². The molecule has 2 heteroatoms. The van der Waals surface area contributed by atoms with E-state index in [2.05, 4.69) is 54.1 Å². The molecule has 1 aliphatic heterocycles. The maximum absolute atomic E-state index is 3.37. The van der Waals surface area contributed by atoms with E-state index in [-0.39, 0.29) is 0 Å². The molecule has 1 saturated heterocycles. The third-order valence-corrected chi connectivity index (χ3v) is 4.27. The van der Waals surface area contributed by atoms with Gasteiger partial charge in [-0.1, -0.05) is 64.1 Å². The molecule has 0 spiro atoms. The van der Waals surface area contributed by atoms with Crippen molar-refractivity contribution in [1.29, 1.82) is 0 Å². The highest BCUT2D eigenvalue weighted by Crippen LogP contribution is 2.20. The van der Waals surface area contributed by atoms with Crippen LogP contribution in [0.1, 0.15) is 52.0 Å². The summed E-state index contributed by atoms with van der Waals surface area (Å²) in [5, 5.41) is 2.69. The molecule has 1 aromatic carbocycles. The maximum Gasteiger partial charge on any atom is 0.00275 e. The summed E-state index contributed by atoms with van der Waals surface area (Å²) in [6.07, 6.45) is 8.37. The van der Waals surface area contributed by atoms with E-state index in [1.807, 2.05) is 20.9 Å². The molecule has 1 heterocycles. The Balaban J connectivity index is 0.000000705. The first kappa shape index (κ1) is 21.7. The Kier molecular flexibility index (Phi) is 14.7. The Morgan fingerprint density at radius 1 is 1.17 bits per heavy atom. The van der Waals surface area contributed by atoms with Gasteiger partial charge in [0.05, 0.1) is 0 Å². The van der Waals surface area contributed by atoms with Crippen LogP contribution in [-0.2, 0) is 6.42 Å². The number of nitrogens with one attached hydrogen (secondary N) is 1. The van der Waals surface area contributed by atoms with Crippen molar-refractivity contribution in [2.24, 2.45) is 5.92 Å². The van der Waals surface area contributed by atoms with Crippen LogP contribution in [0, 0.1) is 5.92 Å². The monoisotopic (exact) mass is 318 g/mol. The number of nitrogens with zero attached hydrogens (tertiary/aromatic N) is 1. The Labute approximate surface area is 145 Å². The molecule has 0 saturated carbocycles. The van der Waals surface area contributed by atoms with Crippen molar-refractivity contribution in [3.63, 3.8) is 0 Å². The summed E-state index contributed by atoms with van der Waals surface area (Å²) in [7, 11) is 1.81. The number of hydrogen-bond donors (Lipinski definition) is 1. The lowest BCUT2D eigenvalue weighted by molar-refractivity contribution is 0.180. The minimum absolute atomic E-state index is 1.00. The summed E-state index contributed by atoms with van der Waals surface area (Å²) in [6, 6.07) is 10.9. The first-order valence-corrected chi connectivity index (χ1v) is 9.34. The Hall–Kier alpha value is -1.28. The summed E-state index contributed by atoms with van der Waals surface area (Å²) in [6.45, 7) is 13.6. The molecular weight excluding hydrogens is 280 g/mol. The lowest BCUT2D eigenvalue weighted by atomic mass is 9.94. The highest BCUT2D eigenvalue weighted by Gasteiger charge is 2.16. The van der Waals surface area contributed by atoms with Crippen molar-refractivity contribution in [3.05, 3.63) is 48.7 Å². The predicted molar refractivity (Wildman–Crippen MR) is 105 cm³/mol. The average Bonchev–Trinajstić information content (AvgIpc) is 2.65. The van der Waals surface area contributed by atoms with Crippen LogP contribution >= 0.6 is 0 Å². The quantitative estimate of drug-likeness (QED) is 0.783. The van der Waals surface area contributed by atoms with Crippen molar-refractivity contribution < 1.29 is 0 Å². The summed E-state index contributed by atoms with van der Waals surface area (Å²) in [5.41, 5.74) is 1.48. The summed E-state index contributed by atoms with van der Waals surface area (Å²) >= 11 is 0. The van der Waals surface area contributed by atoms with Crippen molar-refractivity contribution in [3.8, 4) is 0 Å². The van der Waals surface area contributed by atoms with Gasteiger partial charge >= 0.3 is 0 Å². The van der Waals surface area contributed by atoms with Gasteiger partial charge in [-0.3, -0.25) is 0 Å². The van der Waals surface area contributed by atoms with E-state index in [0.717, 1.165) is 5.92 Å². The van der Waals surface area contributed by atoms with E-state index >= 15 is 0 Å². The third kappa shape index (κ3) is 11.0. The minimum Gasteiger partial charge on any atom is -0.394 e. The minimum atomic E-state index is 1.00. The number of piperidine rings is 1. The molecular formula is C21H38N2. The van der Waals surface area contributed by atoms with Crippen LogP contribution in [0.25, 0.3) is 0 Å². The van der Waals surface area contributed by atoms with Crippen LogP contribution in [0.4, 0.5) is 0 Å². The van der Waals surface area contributed by atoms with Crippen LogP contribution < -0.4 is 5.32 Å². The lowest BCUT2D eigenvalue weighted by Crippen LogP contribution is -2.34. The van der Waals surface area contributed by atoms with Gasteiger partial charge in [0.2, 0.25) is 0 Å². The first-order chi connectivity index (χ1) is 11.3. The number of hydrogen-bond acceptors (Lipinski definition) is 2. The van der Waals surface area contributed by atoms with E-state index in [1.54, 1.807) is 6.20 Å². The van der Waals surface area contributed by atoms with Crippen LogP contribution in [0.15, 0.2) is 43.1 Å². The van der Waals surface area contributed by atoms with Crippen LogP contribution in [0.5, 0.6) is 0 Å². The molecule has 1 aliphatic rings. The van der Waals surface area contributed by atoms with Crippen molar-refractivity contribution >= 4 is 0 Å². The fourth-order valence-corrected chi connectivity index (χ4v) is 2.77. The van der Waals surface area contributed by atoms with Gasteiger partial charge < -0.3 is 10.2 Å². The molecule has 1 aromatic rings. The fourth-order valence-electron chi connectivity index (χ4n) is 2.77. The zero-order chi connectivity index (χ0) is 17.3. The molecule has 0 aromatic heterocycles. The third-order valence-electron chi connectivity index (χ3n) is 4.27. The molecule has 1 fully saturated rings. The molecule has 0 aliphatic carbocycles. The predicted octanol–water partition coefficient (Wildman–Crippen LogP) is 5.12. The van der Waals surface area contributed by atoms with Gasteiger partial charge in [0.15, 0.2) is 0 Å². The van der Waals surface area contributed by atoms with Gasteiger partial charge in [0, 0.05) is 7.05 Å². The number of benzene rings is 1. The maximum atomic E-state index is 3.37. The highest BCUT2D eigenvalue weighted by atomic mass is 15.1. The summed E-state index contributed by atoms with van der Waals surface area (Å²) < 4.78 is 0. The highest BCUT2D eigenvalue weighted by molar-refractivity contribution is 5.14. The second-order valence-electron chi connectivity index (χ2n) is 5.78. The van der Waals surface area contributed by atoms with E-state index in [4.69, 9.17) is 0 Å². The zero-order valence-electron chi connectivity index (χ0n) is 15.9. The molecule has 0 amide bonds. The van der Waals surface area contributed by atoms with E-state index in [1.165, 1.54) is 57.3 Å². The molecule has 2 rings (SSSR count). The Bertz CT molecular complexity index is 353. The van der Waals surface area contributed by atoms with Crippen LogP contribution in [-0.4, -0.2) is 31.6 Å². The van der Waals surface area contributed by atoms with Gasteiger partial charge in [-0.2, -0.15) is 0 Å². The molecule has 2 nitrogen and oxygen atoms in total. The fraction of sp³-hybridized carbons (Fsp3) is 0.619. The second-order valence-corrected chi connectivity index (χ2v) is 5.78. The van der Waals surface area contributed by atoms with Gasteiger partial charge in [-0.05, 0) is 63.0 Å². The largest absolute Gasteiger partial charge is 0.394 e. The number of aryl methyl sites for hydroxylation is 1. The Morgan fingerprint density at radius 2 is 1.74 bits per heavy atom. The first-order valence-electron chi connectivity index (χ1n) is 9.34. The summed E-state index contributed by atoms with van der Waals surface area (Å²) in [4.78, 5) is 2.65. The number of rotatable bonds is 6. The van der Waals surface area contributed by atoms with Gasteiger partial charge in [-0.25, -0.2) is 0 Å². The van der Waals surface area contributed by atoms with Crippen LogP contribution in [0.2, 0.25) is 0 Å². The normalized spacial score (nSPS) is 14.8. The topological polar surface area (TPSA) is 15.3 Å². The smallest absolute Gasteiger partial charge is 0.00275 e. The molecule has 23 heavy (non-hydrogen) atoms. The average molecular weight is 319 g/mol. The molecule has 132 valence electrons. The molecule has 0 bridgehead atoms. The zero-order valence-corrected chi connectivity index (χ0v) is 15.9. The summed E-state index contributed by atoms with van der Waals surface area (Å²) in [5.74, 6) is 1.00. The van der Waals surface area contributed by atoms with Crippen molar-refractivity contribution in [2.45, 2.75) is 52.9 Å². The molecule has 0 unspecified atom stereocenters. The van der Waals surface area contributed by atoms with Crippen LogP contribution in [0.3, 0.4) is 0 Å². The van der Waals surface area contributed by atoms with Crippen molar-refractivity contribution in [1.82, 2.24) is 10.2 Å². The Morgan fingerprint density at radius 3 is 2.22 bits per heavy atom. The standard InChI is InChI=1S/C16H25N.C3H7N.C2H6/c1-2-15-10-13-17(14-11-15)12-6-9-16-7-4-3-5-8-16;1-3-4-2;1-2/h3-5,7-8,15H,2,6,9-14H2,1H3;3-4H,1H2,2H3;1-2H3. The number of likely N-dealkylation sites (tertiary alicyclic amines) is 1. The van der Waals surface area contributed by atoms with Gasteiger partial charge in [-0.15, -0.1) is 0 Å². The lowest BCUT2D eigenvalue weighted by Gasteiger charge is -2.31.